The zero-order valence-corrected chi connectivity index (χ0v) is 24.9. The molecule has 5 aliphatic rings. The quantitative estimate of drug-likeness (QED) is 0.281. The first-order valence-corrected chi connectivity index (χ1v) is 15.1. The number of imide groups is 2. The van der Waals surface area contributed by atoms with Crippen LogP contribution >= 0.6 is 23.2 Å². The van der Waals surface area contributed by atoms with Crippen molar-refractivity contribution < 1.29 is 43.3 Å². The lowest BCUT2D eigenvalue weighted by atomic mass is 9.56. The third kappa shape index (κ3) is 4.09. The molecule has 2 saturated heterocycles. The fourth-order valence-corrected chi connectivity index (χ4v) is 8.65. The number of nitrogens with zero attached hydrogens (tertiary/aromatic N) is 2. The van der Waals surface area contributed by atoms with Crippen LogP contribution in [0.3, 0.4) is 0 Å². The van der Waals surface area contributed by atoms with E-state index >= 15 is 0 Å². The first kappa shape index (κ1) is 29.5. The van der Waals surface area contributed by atoms with Gasteiger partial charge in [0.1, 0.15) is 17.3 Å². The third-order valence-corrected chi connectivity index (χ3v) is 11.1. The molecule has 0 radical (unpaired) electrons. The number of hydrogen-bond acceptors (Lipinski definition) is 7. The van der Waals surface area contributed by atoms with Crippen LogP contribution in [0.2, 0.25) is 0 Å². The van der Waals surface area contributed by atoms with E-state index in [0.717, 1.165) is 21.9 Å². The standard InChI is InChI=1S/C32H25Cl2FN2O8/c33-31-13-22-20(6-7-21-25(22)28(42)36(27(21)41)10-9-24(39)40)26(16-11-15-12-19(38)5-8-23(15)45-14-16)32(31,34)30(44)37(29(31)43)18-3-1-17(35)2-4-18/h1-6,8,12,14,21-22,25-26,38H,7,9-11,13H2,(H,39,40). The number of carbonyl (C=O) groups excluding carboxylic acids is 4. The molecule has 0 bridgehead atoms. The van der Waals surface area contributed by atoms with Gasteiger partial charge in [-0.1, -0.05) is 11.6 Å². The van der Waals surface area contributed by atoms with Crippen LogP contribution in [-0.2, 0) is 30.4 Å². The number of benzene rings is 2. The summed E-state index contributed by atoms with van der Waals surface area (Å²) in [6, 6.07) is 9.28. The highest BCUT2D eigenvalue weighted by Gasteiger charge is 2.77. The molecule has 2 aliphatic carbocycles. The molecule has 6 unspecified atom stereocenters. The first-order chi connectivity index (χ1) is 21.4. The van der Waals surface area contributed by atoms with Crippen molar-refractivity contribution in [3.63, 3.8) is 0 Å². The Labute approximate surface area is 265 Å². The van der Waals surface area contributed by atoms with E-state index in [2.05, 4.69) is 0 Å². The van der Waals surface area contributed by atoms with E-state index < -0.39 is 75.3 Å². The van der Waals surface area contributed by atoms with Crippen LogP contribution in [0, 0.1) is 29.5 Å². The number of rotatable bonds is 5. The van der Waals surface area contributed by atoms with E-state index in [1.807, 2.05) is 0 Å². The van der Waals surface area contributed by atoms with Gasteiger partial charge in [0.2, 0.25) is 11.8 Å². The molecule has 2 N–H and O–H groups in total. The number of likely N-dealkylation sites (tertiary alicyclic amines) is 1. The van der Waals surface area contributed by atoms with E-state index in [-0.39, 0.29) is 37.2 Å². The number of amides is 4. The number of hydrogen-bond donors (Lipinski definition) is 2. The fourth-order valence-electron chi connectivity index (χ4n) is 7.70. The van der Waals surface area contributed by atoms with Gasteiger partial charge in [-0.25, -0.2) is 9.29 Å². The number of aromatic hydroxyl groups is 1. The Morgan fingerprint density at radius 3 is 2.47 bits per heavy atom. The average molecular weight is 655 g/mol. The summed E-state index contributed by atoms with van der Waals surface area (Å²) < 4.78 is 19.7. The summed E-state index contributed by atoms with van der Waals surface area (Å²) in [6.07, 6.45) is 2.79. The number of alkyl halides is 2. The zero-order chi connectivity index (χ0) is 32.0. The molecule has 2 aromatic rings. The number of carboxylic acid groups (broad SMARTS) is 1. The molecule has 2 aromatic carbocycles. The Balaban J connectivity index is 1.37. The van der Waals surface area contributed by atoms with Crippen LogP contribution in [0.25, 0.3) is 0 Å². The van der Waals surface area contributed by atoms with Gasteiger partial charge in [-0.05, 0) is 66.8 Å². The second-order valence-electron chi connectivity index (χ2n) is 12.0. The third-order valence-electron chi connectivity index (χ3n) is 9.68. The maximum Gasteiger partial charge on any atom is 0.305 e. The van der Waals surface area contributed by atoms with Gasteiger partial charge >= 0.3 is 5.97 Å². The van der Waals surface area contributed by atoms with Crippen LogP contribution in [-0.4, -0.2) is 61.0 Å². The van der Waals surface area contributed by atoms with E-state index in [1.165, 1.54) is 30.5 Å². The van der Waals surface area contributed by atoms with E-state index in [4.69, 9.17) is 27.9 Å². The highest BCUT2D eigenvalue weighted by molar-refractivity contribution is 6.58. The molecule has 3 heterocycles. The van der Waals surface area contributed by atoms with Crippen molar-refractivity contribution in [3.05, 3.63) is 77.3 Å². The molecule has 0 spiro atoms. The lowest BCUT2D eigenvalue weighted by molar-refractivity contribution is -0.142. The summed E-state index contributed by atoms with van der Waals surface area (Å²) in [5, 5.41) is 19.3. The number of ether oxygens (including phenoxy) is 1. The van der Waals surface area contributed by atoms with Gasteiger partial charge in [0.15, 0.2) is 9.75 Å². The zero-order valence-electron chi connectivity index (χ0n) is 23.4. The SMILES string of the molecule is O=C(O)CCN1C(=O)C2CC=C3C(CC4(Cl)C(=O)N(c5ccc(F)cc5)C(=O)C4(Cl)C3C3=COc4ccc(O)cc4C3)C2C1=O. The summed E-state index contributed by atoms with van der Waals surface area (Å²) in [6.45, 7) is -0.300. The number of carbonyl (C=O) groups is 5. The Kier molecular flexibility index (Phi) is 6.65. The molecule has 3 fully saturated rings. The van der Waals surface area contributed by atoms with Crippen molar-refractivity contribution in [2.75, 3.05) is 11.4 Å². The number of allylic oxidation sites excluding steroid dienone is 3. The van der Waals surface area contributed by atoms with E-state index in [9.17, 15) is 38.6 Å². The maximum atomic E-state index is 14.4. The lowest BCUT2D eigenvalue weighted by Crippen LogP contribution is -2.61. The molecule has 0 aromatic heterocycles. The molecular weight excluding hydrogens is 630 g/mol. The number of carboxylic acids is 1. The summed E-state index contributed by atoms with van der Waals surface area (Å²) in [7, 11) is 0. The fraction of sp³-hybridized carbons (Fsp3) is 0.344. The minimum atomic E-state index is -2.12. The number of halogens is 3. The van der Waals surface area contributed by atoms with Crippen molar-refractivity contribution in [1.82, 2.24) is 4.90 Å². The van der Waals surface area contributed by atoms with Gasteiger partial charge in [0.25, 0.3) is 11.8 Å². The Bertz CT molecular complexity index is 1780. The Morgan fingerprint density at radius 2 is 1.76 bits per heavy atom. The topological polar surface area (TPSA) is 142 Å². The molecule has 10 nitrogen and oxygen atoms in total. The number of aliphatic carboxylic acids is 1. The van der Waals surface area contributed by atoms with Crippen LogP contribution < -0.4 is 9.64 Å². The predicted octanol–water partition coefficient (Wildman–Crippen LogP) is 3.92. The molecule has 232 valence electrons. The monoisotopic (exact) mass is 654 g/mol. The summed E-state index contributed by atoms with van der Waals surface area (Å²) in [5.41, 5.74) is 1.66. The van der Waals surface area contributed by atoms with Crippen molar-refractivity contribution in [2.45, 2.75) is 35.4 Å². The first-order valence-electron chi connectivity index (χ1n) is 14.3. The number of phenols is 1. The predicted molar refractivity (Wildman–Crippen MR) is 157 cm³/mol. The molecule has 6 atom stereocenters. The maximum absolute atomic E-state index is 14.4. The minimum absolute atomic E-state index is 0.0155. The van der Waals surface area contributed by atoms with Crippen LogP contribution in [0.15, 0.2) is 65.9 Å². The summed E-state index contributed by atoms with van der Waals surface area (Å²) in [4.78, 5) is 64.6. The Hall–Kier alpha value is -4.22. The van der Waals surface area contributed by atoms with Crippen molar-refractivity contribution in [1.29, 1.82) is 0 Å². The highest BCUT2D eigenvalue weighted by Crippen LogP contribution is 2.65. The van der Waals surface area contributed by atoms with Crippen LogP contribution in [0.4, 0.5) is 10.1 Å². The molecule has 3 aliphatic heterocycles. The molecule has 1 saturated carbocycles. The summed E-state index contributed by atoms with van der Waals surface area (Å²) in [5.74, 6) is -7.71. The molecule has 45 heavy (non-hydrogen) atoms. The largest absolute Gasteiger partial charge is 0.508 e. The molecule has 7 rings (SSSR count). The van der Waals surface area contributed by atoms with Gasteiger partial charge in [-0.3, -0.25) is 28.9 Å². The minimum Gasteiger partial charge on any atom is -0.508 e. The number of fused-ring (bicyclic) bond motifs is 5. The smallest absolute Gasteiger partial charge is 0.305 e. The summed E-state index contributed by atoms with van der Waals surface area (Å²) >= 11 is 14.7. The van der Waals surface area contributed by atoms with E-state index in [0.29, 0.717) is 22.5 Å². The van der Waals surface area contributed by atoms with Crippen molar-refractivity contribution >= 4 is 58.5 Å². The normalized spacial score (nSPS) is 31.9. The van der Waals surface area contributed by atoms with Crippen LogP contribution in [0.5, 0.6) is 11.5 Å². The molecule has 4 amide bonds. The van der Waals surface area contributed by atoms with Crippen molar-refractivity contribution in [2.24, 2.45) is 23.7 Å². The number of anilines is 1. The van der Waals surface area contributed by atoms with Gasteiger partial charge < -0.3 is 14.9 Å². The lowest BCUT2D eigenvalue weighted by Gasteiger charge is -2.51. The highest BCUT2D eigenvalue weighted by atomic mass is 35.5. The van der Waals surface area contributed by atoms with Gasteiger partial charge in [0, 0.05) is 24.4 Å². The average Bonchev–Trinajstić information content (AvgIpc) is 3.33. The van der Waals surface area contributed by atoms with Crippen molar-refractivity contribution in [3.8, 4) is 11.5 Å². The van der Waals surface area contributed by atoms with Gasteiger partial charge in [-0.2, -0.15) is 0 Å². The second-order valence-corrected chi connectivity index (χ2v) is 13.2. The van der Waals surface area contributed by atoms with Crippen LogP contribution in [0.1, 0.15) is 24.8 Å². The van der Waals surface area contributed by atoms with Gasteiger partial charge in [-0.15, -0.1) is 23.2 Å². The van der Waals surface area contributed by atoms with Gasteiger partial charge in [0.05, 0.1) is 30.2 Å². The molecular formula is C32H25Cl2FN2O8. The van der Waals surface area contributed by atoms with E-state index in [1.54, 1.807) is 12.1 Å². The Morgan fingerprint density at radius 1 is 1.02 bits per heavy atom. The number of phenolic OH excluding ortho intramolecular Hbond substituents is 1. The second kappa shape index (κ2) is 10.1. The molecule has 13 heteroatoms.